The van der Waals surface area contributed by atoms with Crippen molar-refractivity contribution in [3.63, 3.8) is 0 Å². The van der Waals surface area contributed by atoms with Crippen LogP contribution in [0.25, 0.3) is 5.65 Å². The first-order valence-electron chi connectivity index (χ1n) is 5.69. The standard InChI is InChI=1S/C11H12N4O3/c16-10(14-3-5-18-6-4-14)8-1-2-9-12-13-11(17)15(9)7-8/h1-2,7H,3-6H2,(H,13,17). The molecule has 94 valence electrons. The molecule has 18 heavy (non-hydrogen) atoms. The van der Waals surface area contributed by atoms with E-state index in [0.29, 0.717) is 37.5 Å². The lowest BCUT2D eigenvalue weighted by molar-refractivity contribution is 0.0302. The topological polar surface area (TPSA) is 79.7 Å². The molecule has 0 unspecified atom stereocenters. The summed E-state index contributed by atoms with van der Waals surface area (Å²) in [6.45, 7) is 2.27. The largest absolute Gasteiger partial charge is 0.378 e. The van der Waals surface area contributed by atoms with Crippen LogP contribution in [-0.2, 0) is 4.74 Å². The second-order valence-electron chi connectivity index (χ2n) is 4.08. The van der Waals surface area contributed by atoms with Crippen LogP contribution in [0.1, 0.15) is 10.4 Å². The number of pyridine rings is 1. The summed E-state index contributed by atoms with van der Waals surface area (Å²) in [5, 5.41) is 6.15. The van der Waals surface area contributed by atoms with Gasteiger partial charge in [-0.15, -0.1) is 0 Å². The highest BCUT2D eigenvalue weighted by Crippen LogP contribution is 2.08. The molecule has 0 spiro atoms. The van der Waals surface area contributed by atoms with Gasteiger partial charge in [0.25, 0.3) is 5.91 Å². The predicted octanol–water partition coefficient (Wildman–Crippen LogP) is -0.505. The van der Waals surface area contributed by atoms with Crippen molar-refractivity contribution >= 4 is 11.6 Å². The number of nitrogens with zero attached hydrogens (tertiary/aromatic N) is 3. The Morgan fingerprint density at radius 3 is 2.89 bits per heavy atom. The minimum absolute atomic E-state index is 0.0895. The van der Waals surface area contributed by atoms with Crippen LogP contribution in [0.4, 0.5) is 0 Å². The molecule has 7 nitrogen and oxygen atoms in total. The van der Waals surface area contributed by atoms with E-state index in [0.717, 1.165) is 0 Å². The Hall–Kier alpha value is -2.15. The lowest BCUT2D eigenvalue weighted by atomic mass is 10.2. The quantitative estimate of drug-likeness (QED) is 0.737. The maximum Gasteiger partial charge on any atom is 0.347 e. The lowest BCUT2D eigenvalue weighted by Gasteiger charge is -2.26. The average molecular weight is 248 g/mol. The van der Waals surface area contributed by atoms with E-state index in [1.165, 1.54) is 10.6 Å². The van der Waals surface area contributed by atoms with E-state index < -0.39 is 0 Å². The number of aromatic nitrogens is 3. The van der Waals surface area contributed by atoms with Crippen molar-refractivity contribution in [2.75, 3.05) is 26.3 Å². The molecule has 0 saturated carbocycles. The molecule has 1 N–H and O–H groups in total. The molecule has 1 amide bonds. The third-order valence-electron chi connectivity index (χ3n) is 2.96. The minimum atomic E-state index is -0.346. The Labute approximate surface area is 102 Å². The number of hydrogen-bond donors (Lipinski definition) is 1. The van der Waals surface area contributed by atoms with Crippen LogP contribution >= 0.6 is 0 Å². The highest BCUT2D eigenvalue weighted by atomic mass is 16.5. The van der Waals surface area contributed by atoms with Crippen molar-refractivity contribution in [2.24, 2.45) is 0 Å². The highest BCUT2D eigenvalue weighted by Gasteiger charge is 2.19. The fraction of sp³-hybridized carbons (Fsp3) is 0.364. The number of aromatic amines is 1. The fourth-order valence-corrected chi connectivity index (χ4v) is 1.98. The number of rotatable bonds is 1. The van der Waals surface area contributed by atoms with E-state index in [-0.39, 0.29) is 11.6 Å². The number of amides is 1. The van der Waals surface area contributed by atoms with Crippen molar-refractivity contribution in [1.29, 1.82) is 0 Å². The number of ether oxygens (including phenoxy) is 1. The van der Waals surface area contributed by atoms with Gasteiger partial charge < -0.3 is 9.64 Å². The molecule has 1 aliphatic heterocycles. The second-order valence-corrected chi connectivity index (χ2v) is 4.08. The molecule has 3 rings (SSSR count). The molecule has 0 aliphatic carbocycles. The van der Waals surface area contributed by atoms with Crippen molar-refractivity contribution in [3.8, 4) is 0 Å². The van der Waals surface area contributed by atoms with Gasteiger partial charge >= 0.3 is 5.69 Å². The van der Waals surface area contributed by atoms with Crippen LogP contribution < -0.4 is 5.69 Å². The van der Waals surface area contributed by atoms with Crippen molar-refractivity contribution < 1.29 is 9.53 Å². The maximum absolute atomic E-state index is 12.2. The van der Waals surface area contributed by atoms with E-state index in [1.807, 2.05) is 0 Å². The van der Waals surface area contributed by atoms with Crippen molar-refractivity contribution in [3.05, 3.63) is 34.4 Å². The summed E-state index contributed by atoms with van der Waals surface area (Å²) in [4.78, 5) is 25.3. The number of H-pyrrole nitrogens is 1. The molecule has 0 aromatic carbocycles. The summed E-state index contributed by atoms with van der Waals surface area (Å²) < 4.78 is 6.53. The Balaban J connectivity index is 1.95. The molecule has 0 radical (unpaired) electrons. The first-order chi connectivity index (χ1) is 8.75. The summed E-state index contributed by atoms with van der Waals surface area (Å²) in [6.07, 6.45) is 1.51. The Morgan fingerprint density at radius 2 is 2.11 bits per heavy atom. The second kappa shape index (κ2) is 4.26. The van der Waals surface area contributed by atoms with Gasteiger partial charge in [0, 0.05) is 19.3 Å². The van der Waals surface area contributed by atoms with E-state index in [1.54, 1.807) is 17.0 Å². The monoisotopic (exact) mass is 248 g/mol. The van der Waals surface area contributed by atoms with Crippen molar-refractivity contribution in [2.45, 2.75) is 0 Å². The van der Waals surface area contributed by atoms with Gasteiger partial charge in [-0.3, -0.25) is 4.79 Å². The Bertz CT molecular complexity index is 639. The van der Waals surface area contributed by atoms with Gasteiger partial charge in [-0.05, 0) is 12.1 Å². The molecule has 7 heteroatoms. The van der Waals surface area contributed by atoms with E-state index in [4.69, 9.17) is 4.74 Å². The molecular weight excluding hydrogens is 236 g/mol. The lowest BCUT2D eigenvalue weighted by Crippen LogP contribution is -2.40. The van der Waals surface area contributed by atoms with Crippen LogP contribution in [0.3, 0.4) is 0 Å². The molecule has 1 aliphatic rings. The first-order valence-corrected chi connectivity index (χ1v) is 5.69. The molecule has 1 saturated heterocycles. The summed E-state index contributed by atoms with van der Waals surface area (Å²) in [7, 11) is 0. The number of fused-ring (bicyclic) bond motifs is 1. The summed E-state index contributed by atoms with van der Waals surface area (Å²) in [5.41, 5.74) is 0.632. The predicted molar refractivity (Wildman–Crippen MR) is 62.5 cm³/mol. The van der Waals surface area contributed by atoms with Gasteiger partial charge in [0.05, 0.1) is 18.8 Å². The van der Waals surface area contributed by atoms with Crippen LogP contribution in [-0.4, -0.2) is 51.7 Å². The number of hydrogen-bond acceptors (Lipinski definition) is 4. The van der Waals surface area contributed by atoms with Crippen LogP contribution in [0.2, 0.25) is 0 Å². The number of nitrogens with one attached hydrogen (secondary N) is 1. The third-order valence-corrected chi connectivity index (χ3v) is 2.96. The van der Waals surface area contributed by atoms with Gasteiger partial charge in [-0.1, -0.05) is 0 Å². The molecular formula is C11H12N4O3. The van der Waals surface area contributed by atoms with Crippen LogP contribution in [0.15, 0.2) is 23.1 Å². The zero-order valence-corrected chi connectivity index (χ0v) is 9.63. The zero-order valence-electron chi connectivity index (χ0n) is 9.63. The third kappa shape index (κ3) is 1.78. The smallest absolute Gasteiger partial charge is 0.347 e. The molecule has 2 aromatic heterocycles. The summed E-state index contributed by atoms with van der Waals surface area (Å²) >= 11 is 0. The van der Waals surface area contributed by atoms with E-state index >= 15 is 0 Å². The van der Waals surface area contributed by atoms with Gasteiger partial charge in [-0.25, -0.2) is 14.3 Å². The zero-order chi connectivity index (χ0) is 12.5. The maximum atomic E-state index is 12.2. The van der Waals surface area contributed by atoms with Crippen LogP contribution in [0, 0.1) is 0 Å². The van der Waals surface area contributed by atoms with Gasteiger partial charge in [0.2, 0.25) is 0 Å². The fourth-order valence-electron chi connectivity index (χ4n) is 1.98. The number of carbonyl (C=O) groups excluding carboxylic acids is 1. The minimum Gasteiger partial charge on any atom is -0.378 e. The average Bonchev–Trinajstić information content (AvgIpc) is 2.80. The molecule has 3 heterocycles. The number of morpholine rings is 1. The van der Waals surface area contributed by atoms with Gasteiger partial charge in [0.1, 0.15) is 0 Å². The molecule has 1 fully saturated rings. The van der Waals surface area contributed by atoms with Gasteiger partial charge in [0.15, 0.2) is 5.65 Å². The summed E-state index contributed by atoms with van der Waals surface area (Å²) in [6, 6.07) is 3.32. The Morgan fingerprint density at radius 1 is 1.33 bits per heavy atom. The van der Waals surface area contributed by atoms with Crippen LogP contribution in [0.5, 0.6) is 0 Å². The molecule has 0 bridgehead atoms. The normalized spacial score (nSPS) is 16.1. The Kier molecular flexibility index (Phi) is 2.60. The van der Waals surface area contributed by atoms with Gasteiger partial charge in [-0.2, -0.15) is 5.10 Å². The summed E-state index contributed by atoms with van der Waals surface area (Å²) in [5.74, 6) is -0.0895. The molecule has 2 aromatic rings. The molecule has 0 atom stereocenters. The number of carbonyl (C=O) groups is 1. The van der Waals surface area contributed by atoms with E-state index in [9.17, 15) is 9.59 Å². The first kappa shape index (κ1) is 11.0. The SMILES string of the molecule is O=C(c1ccc2n[nH]c(=O)n2c1)N1CCOCC1. The van der Waals surface area contributed by atoms with E-state index in [2.05, 4.69) is 10.2 Å². The highest BCUT2D eigenvalue weighted by molar-refractivity contribution is 5.94. The van der Waals surface area contributed by atoms with Crippen molar-refractivity contribution in [1.82, 2.24) is 19.5 Å².